The number of Topliss-reactive ketones (excluding diaryl/α,β-unsaturated/α-hetero) is 1. The lowest BCUT2D eigenvalue weighted by Gasteiger charge is -2.24. The molecule has 0 aromatic carbocycles. The fourth-order valence-corrected chi connectivity index (χ4v) is 6.51. The van der Waals surface area contributed by atoms with Crippen LogP contribution in [0.25, 0.3) is 0 Å². The van der Waals surface area contributed by atoms with Crippen LogP contribution in [0, 0.1) is 0 Å². The van der Waals surface area contributed by atoms with Gasteiger partial charge in [-0.2, -0.15) is 0 Å². The molecule has 0 aliphatic carbocycles. The molecule has 0 radical (unpaired) electrons. The highest BCUT2D eigenvalue weighted by molar-refractivity contribution is 5.85. The molecule has 14 heteroatoms. The van der Waals surface area contributed by atoms with E-state index in [1.807, 2.05) is 20.8 Å². The Balaban J connectivity index is 3.96. The molecule has 4 N–H and O–H groups in total. The Hall–Kier alpha value is -3.26. The van der Waals surface area contributed by atoms with Gasteiger partial charge in [0.05, 0.1) is 19.8 Å². The number of hydrogen-bond acceptors (Lipinski definition) is 10. The zero-order chi connectivity index (χ0) is 46.3. The van der Waals surface area contributed by atoms with Gasteiger partial charge in [-0.15, -0.1) is 0 Å². The van der Waals surface area contributed by atoms with E-state index in [4.69, 9.17) is 18.9 Å². The first-order chi connectivity index (χ1) is 29.5. The molecule has 0 aromatic heterocycles. The quantitative estimate of drug-likeness (QED) is 0.0342. The van der Waals surface area contributed by atoms with E-state index < -0.39 is 23.2 Å². The Morgan fingerprint density at radius 1 is 0.468 bits per heavy atom. The van der Waals surface area contributed by atoms with Gasteiger partial charge >= 0.3 is 18.0 Å². The molecule has 0 unspecified atom stereocenters. The predicted octanol–water partition coefficient (Wildman–Crippen LogP) is 8.94. The Labute approximate surface area is 376 Å². The second-order valence-corrected chi connectivity index (χ2v) is 18.4. The molecule has 1 atom stereocenters. The second-order valence-electron chi connectivity index (χ2n) is 18.4. The molecular weight excluding hydrogens is 793 g/mol. The highest BCUT2D eigenvalue weighted by atomic mass is 16.6. The topological polar surface area (TPSA) is 187 Å². The van der Waals surface area contributed by atoms with Crippen LogP contribution in [-0.4, -0.2) is 98.9 Å². The van der Waals surface area contributed by atoms with E-state index in [2.05, 4.69) is 21.3 Å². The number of nitrogens with one attached hydrogen (secondary N) is 4. The van der Waals surface area contributed by atoms with Crippen LogP contribution in [0.15, 0.2) is 0 Å². The average Bonchev–Trinajstić information content (AvgIpc) is 3.19. The highest BCUT2D eigenvalue weighted by Crippen LogP contribution is 2.16. The van der Waals surface area contributed by atoms with Gasteiger partial charge < -0.3 is 40.2 Å². The van der Waals surface area contributed by atoms with Crippen LogP contribution in [0.5, 0.6) is 0 Å². The van der Waals surface area contributed by atoms with Crippen molar-refractivity contribution in [3.05, 3.63) is 0 Å². The Morgan fingerprint density at radius 3 is 1.44 bits per heavy atom. The number of amides is 4. The summed E-state index contributed by atoms with van der Waals surface area (Å²) in [5.41, 5.74) is -1.10. The summed E-state index contributed by atoms with van der Waals surface area (Å²) < 4.78 is 21.5. The summed E-state index contributed by atoms with van der Waals surface area (Å²) in [6, 6.07) is -1.13. The standard InChI is InChI=1S/C48H90N4O10/c1-8-40(53)39-60-38-37-59-36-35-51-46(58)50-34-28-24-23-27-33-49-42(54)32-31-41(45(57)62-48(5,6)7)52-43(55)29-25-21-19-17-15-13-11-9-10-12-14-16-18-20-22-26-30-44(56)61-47(2,3)4/h41H,8-39H2,1-7H3,(H,49,54)(H,52,55)(H2,50,51,58)/t41-/m0/s1. The normalized spacial score (nSPS) is 12.0. The number of carbonyl (C=O) groups excluding carboxylic acids is 6. The van der Waals surface area contributed by atoms with Crippen molar-refractivity contribution >= 4 is 35.6 Å². The molecule has 0 saturated carbocycles. The van der Waals surface area contributed by atoms with Crippen LogP contribution in [0.4, 0.5) is 4.79 Å². The van der Waals surface area contributed by atoms with Gasteiger partial charge in [0.25, 0.3) is 0 Å². The van der Waals surface area contributed by atoms with E-state index in [0.717, 1.165) is 57.8 Å². The first-order valence-electron chi connectivity index (χ1n) is 24.2. The van der Waals surface area contributed by atoms with Crippen molar-refractivity contribution in [2.45, 2.75) is 226 Å². The lowest BCUT2D eigenvalue weighted by Crippen LogP contribution is -2.44. The van der Waals surface area contributed by atoms with E-state index in [1.165, 1.54) is 70.6 Å². The molecule has 0 aliphatic heterocycles. The van der Waals surface area contributed by atoms with Crippen molar-refractivity contribution < 1.29 is 47.7 Å². The number of unbranched alkanes of at least 4 members (excludes halogenated alkanes) is 18. The maximum Gasteiger partial charge on any atom is 0.329 e. The van der Waals surface area contributed by atoms with E-state index >= 15 is 0 Å². The molecule has 0 spiro atoms. The van der Waals surface area contributed by atoms with Gasteiger partial charge in [0, 0.05) is 45.3 Å². The Morgan fingerprint density at radius 2 is 0.919 bits per heavy atom. The Bertz CT molecular complexity index is 1200. The summed E-state index contributed by atoms with van der Waals surface area (Å²) in [6.45, 7) is 15.4. The van der Waals surface area contributed by atoms with Gasteiger partial charge in [0.15, 0.2) is 5.78 Å². The fourth-order valence-electron chi connectivity index (χ4n) is 6.51. The molecule has 0 fully saturated rings. The van der Waals surface area contributed by atoms with Crippen molar-refractivity contribution in [3.8, 4) is 0 Å². The molecule has 362 valence electrons. The highest BCUT2D eigenvalue weighted by Gasteiger charge is 2.27. The van der Waals surface area contributed by atoms with Crippen LogP contribution in [0.2, 0.25) is 0 Å². The number of urea groups is 1. The first kappa shape index (κ1) is 58.7. The SMILES string of the molecule is CCC(=O)COCCOCCNC(=O)NCCCCCCNC(=O)CC[C@H](NC(=O)CCCCCCCCCCCCCCCCCCC(=O)OC(C)(C)C)C(=O)OC(C)(C)C. The molecule has 62 heavy (non-hydrogen) atoms. The number of rotatable bonds is 40. The molecular formula is C48H90N4O10. The number of hydrogen-bond donors (Lipinski definition) is 4. The van der Waals surface area contributed by atoms with Gasteiger partial charge in [-0.1, -0.05) is 110 Å². The van der Waals surface area contributed by atoms with Gasteiger partial charge in [-0.3, -0.25) is 19.2 Å². The van der Waals surface area contributed by atoms with E-state index in [0.29, 0.717) is 58.7 Å². The minimum absolute atomic E-state index is 0.0529. The van der Waals surface area contributed by atoms with Crippen molar-refractivity contribution in [3.63, 3.8) is 0 Å². The number of ether oxygens (including phenoxy) is 4. The van der Waals surface area contributed by atoms with Crippen LogP contribution < -0.4 is 21.3 Å². The van der Waals surface area contributed by atoms with Crippen molar-refractivity contribution in [1.82, 2.24) is 21.3 Å². The number of ketones is 1. The maximum absolute atomic E-state index is 12.9. The first-order valence-corrected chi connectivity index (χ1v) is 24.2. The summed E-state index contributed by atoms with van der Waals surface area (Å²) in [6.07, 6.45) is 23.7. The third-order valence-electron chi connectivity index (χ3n) is 9.91. The average molecular weight is 883 g/mol. The Kier molecular flexibility index (Phi) is 36.2. The molecule has 0 aromatic rings. The maximum atomic E-state index is 12.9. The van der Waals surface area contributed by atoms with Crippen molar-refractivity contribution in [1.29, 1.82) is 0 Å². The molecule has 0 bridgehead atoms. The monoisotopic (exact) mass is 883 g/mol. The third-order valence-corrected chi connectivity index (χ3v) is 9.91. The summed E-state index contributed by atoms with van der Waals surface area (Å²) in [5.74, 6) is -0.930. The number of carbonyl (C=O) groups is 6. The minimum Gasteiger partial charge on any atom is -0.460 e. The molecule has 0 rings (SSSR count). The summed E-state index contributed by atoms with van der Waals surface area (Å²) in [7, 11) is 0. The van der Waals surface area contributed by atoms with E-state index in [9.17, 15) is 28.8 Å². The molecule has 4 amide bonds. The molecule has 14 nitrogen and oxygen atoms in total. The van der Waals surface area contributed by atoms with Gasteiger partial charge in [-0.25, -0.2) is 9.59 Å². The fraction of sp³-hybridized carbons (Fsp3) is 0.875. The summed E-state index contributed by atoms with van der Waals surface area (Å²) in [4.78, 5) is 73.1. The number of esters is 2. The molecule has 0 saturated heterocycles. The summed E-state index contributed by atoms with van der Waals surface area (Å²) in [5, 5.41) is 11.3. The second kappa shape index (κ2) is 38.2. The third kappa shape index (κ3) is 42.1. The zero-order valence-corrected chi connectivity index (χ0v) is 40.3. The summed E-state index contributed by atoms with van der Waals surface area (Å²) >= 11 is 0. The van der Waals surface area contributed by atoms with E-state index in [1.54, 1.807) is 27.7 Å². The van der Waals surface area contributed by atoms with Crippen LogP contribution in [-0.2, 0) is 42.9 Å². The predicted molar refractivity (Wildman–Crippen MR) is 246 cm³/mol. The molecule has 0 heterocycles. The van der Waals surface area contributed by atoms with Crippen LogP contribution in [0.3, 0.4) is 0 Å². The largest absolute Gasteiger partial charge is 0.460 e. The van der Waals surface area contributed by atoms with Crippen molar-refractivity contribution in [2.24, 2.45) is 0 Å². The van der Waals surface area contributed by atoms with Crippen LogP contribution >= 0.6 is 0 Å². The van der Waals surface area contributed by atoms with Gasteiger partial charge in [0.2, 0.25) is 11.8 Å². The molecule has 0 aliphatic rings. The minimum atomic E-state index is -0.880. The van der Waals surface area contributed by atoms with Crippen molar-refractivity contribution in [2.75, 3.05) is 46.1 Å². The lowest BCUT2D eigenvalue weighted by molar-refractivity contribution is -0.159. The van der Waals surface area contributed by atoms with Crippen LogP contribution in [0.1, 0.15) is 209 Å². The van der Waals surface area contributed by atoms with Gasteiger partial charge in [-0.05, 0) is 73.6 Å². The van der Waals surface area contributed by atoms with Gasteiger partial charge in [0.1, 0.15) is 23.9 Å². The lowest BCUT2D eigenvalue weighted by atomic mass is 10.0. The zero-order valence-electron chi connectivity index (χ0n) is 40.3. The van der Waals surface area contributed by atoms with E-state index in [-0.39, 0.29) is 49.0 Å². The smallest absolute Gasteiger partial charge is 0.329 e.